The fraction of sp³-hybridized carbons (Fsp3) is 0.524. The fourth-order valence-electron chi connectivity index (χ4n) is 3.82. The largest absolute Gasteiger partial charge is 0.493 e. The second kappa shape index (κ2) is 10.1. The van der Waals surface area contributed by atoms with Gasteiger partial charge in [0.1, 0.15) is 0 Å². The summed E-state index contributed by atoms with van der Waals surface area (Å²) in [5, 5.41) is 11.7. The summed E-state index contributed by atoms with van der Waals surface area (Å²) in [5.74, 6) is 1.98. The summed E-state index contributed by atoms with van der Waals surface area (Å²) >= 11 is 1.79. The van der Waals surface area contributed by atoms with Gasteiger partial charge in [0.2, 0.25) is 5.75 Å². The van der Waals surface area contributed by atoms with E-state index >= 15 is 0 Å². The molecule has 6 nitrogen and oxygen atoms in total. The molecular formula is C21H30N2O4S. The molecule has 2 aromatic rings. The van der Waals surface area contributed by atoms with Crippen LogP contribution in [0.1, 0.15) is 16.9 Å². The van der Waals surface area contributed by atoms with Crippen molar-refractivity contribution in [1.82, 2.24) is 9.80 Å². The van der Waals surface area contributed by atoms with Crippen molar-refractivity contribution in [1.29, 1.82) is 0 Å². The number of hydrogen-bond acceptors (Lipinski definition) is 7. The number of ether oxygens (including phenoxy) is 3. The zero-order chi connectivity index (χ0) is 19.9. The predicted octanol–water partition coefficient (Wildman–Crippen LogP) is 2.84. The van der Waals surface area contributed by atoms with Crippen molar-refractivity contribution in [3.8, 4) is 17.2 Å². The lowest BCUT2D eigenvalue weighted by molar-refractivity contribution is 0.0506. The lowest BCUT2D eigenvalue weighted by Gasteiger charge is -2.41. The number of methoxy groups -OCH3 is 3. The van der Waals surface area contributed by atoms with Crippen LogP contribution in [-0.4, -0.2) is 68.5 Å². The third kappa shape index (κ3) is 4.97. The highest BCUT2D eigenvalue weighted by Gasteiger charge is 2.27. The molecular weight excluding hydrogens is 376 g/mol. The van der Waals surface area contributed by atoms with E-state index in [1.54, 1.807) is 32.7 Å². The summed E-state index contributed by atoms with van der Waals surface area (Å²) < 4.78 is 16.4. The second-order valence-electron chi connectivity index (χ2n) is 6.98. The van der Waals surface area contributed by atoms with Crippen LogP contribution in [0, 0.1) is 0 Å². The average Bonchev–Trinajstić information content (AvgIpc) is 3.22. The highest BCUT2D eigenvalue weighted by molar-refractivity contribution is 7.09. The maximum atomic E-state index is 9.54. The Kier molecular flexibility index (Phi) is 7.56. The first-order valence-electron chi connectivity index (χ1n) is 9.57. The fourth-order valence-corrected chi connectivity index (χ4v) is 4.55. The van der Waals surface area contributed by atoms with Gasteiger partial charge < -0.3 is 19.3 Å². The molecule has 154 valence electrons. The number of rotatable bonds is 9. The minimum atomic E-state index is 0.212. The number of piperazine rings is 1. The molecule has 0 saturated carbocycles. The summed E-state index contributed by atoms with van der Waals surface area (Å²) in [6, 6.07) is 8.66. The Morgan fingerprint density at radius 1 is 1.07 bits per heavy atom. The van der Waals surface area contributed by atoms with Crippen LogP contribution in [0.3, 0.4) is 0 Å². The standard InChI is InChI=1S/C21H30N2O4S/c1-25-19-11-16(12-20(26-2)21(19)27-3)13-22-7-8-23(17(14-22)6-9-24)15-18-5-4-10-28-18/h4-5,10-12,17,24H,6-9,13-15H2,1-3H3/t17-/m0/s1. The Morgan fingerprint density at radius 3 is 2.39 bits per heavy atom. The van der Waals surface area contributed by atoms with Crippen LogP contribution in [0.4, 0.5) is 0 Å². The molecule has 3 rings (SSSR count). The number of thiophene rings is 1. The van der Waals surface area contributed by atoms with Gasteiger partial charge in [0.05, 0.1) is 21.3 Å². The van der Waals surface area contributed by atoms with Crippen molar-refractivity contribution >= 4 is 11.3 Å². The minimum absolute atomic E-state index is 0.212. The topological polar surface area (TPSA) is 54.4 Å². The maximum absolute atomic E-state index is 9.54. The van der Waals surface area contributed by atoms with Crippen LogP contribution in [0.25, 0.3) is 0 Å². The van der Waals surface area contributed by atoms with Gasteiger partial charge in [0, 0.05) is 50.2 Å². The molecule has 0 aliphatic carbocycles. The number of aliphatic hydroxyl groups excluding tert-OH is 1. The summed E-state index contributed by atoms with van der Waals surface area (Å²) in [5.41, 5.74) is 1.13. The van der Waals surface area contributed by atoms with Gasteiger partial charge >= 0.3 is 0 Å². The smallest absolute Gasteiger partial charge is 0.203 e. The van der Waals surface area contributed by atoms with Gasteiger partial charge in [-0.3, -0.25) is 9.80 Å². The van der Waals surface area contributed by atoms with Crippen LogP contribution < -0.4 is 14.2 Å². The molecule has 1 aliphatic rings. The Hall–Kier alpha value is -1.80. The van der Waals surface area contributed by atoms with Crippen molar-refractivity contribution < 1.29 is 19.3 Å². The van der Waals surface area contributed by atoms with E-state index in [0.717, 1.165) is 44.7 Å². The van der Waals surface area contributed by atoms with E-state index in [4.69, 9.17) is 14.2 Å². The third-order valence-corrected chi connectivity index (χ3v) is 6.08. The average molecular weight is 407 g/mol. The third-order valence-electron chi connectivity index (χ3n) is 5.22. The molecule has 0 amide bonds. The van der Waals surface area contributed by atoms with Crippen LogP contribution in [0.15, 0.2) is 29.6 Å². The predicted molar refractivity (Wildman–Crippen MR) is 112 cm³/mol. The molecule has 0 unspecified atom stereocenters. The molecule has 28 heavy (non-hydrogen) atoms. The molecule has 0 radical (unpaired) electrons. The van der Waals surface area contributed by atoms with Crippen molar-refractivity contribution in [3.63, 3.8) is 0 Å². The molecule has 1 fully saturated rings. The monoisotopic (exact) mass is 406 g/mol. The Labute approximate surface area is 171 Å². The normalized spacial score (nSPS) is 18.2. The molecule has 1 saturated heterocycles. The van der Waals surface area contributed by atoms with Crippen molar-refractivity contribution in [2.45, 2.75) is 25.6 Å². The zero-order valence-electron chi connectivity index (χ0n) is 16.9. The first kappa shape index (κ1) is 20.9. The quantitative estimate of drug-likeness (QED) is 0.691. The van der Waals surface area contributed by atoms with E-state index < -0.39 is 0 Å². The number of aliphatic hydroxyl groups is 1. The first-order chi connectivity index (χ1) is 13.7. The Morgan fingerprint density at radius 2 is 1.82 bits per heavy atom. The van der Waals surface area contributed by atoms with Crippen molar-refractivity contribution in [2.24, 2.45) is 0 Å². The van der Waals surface area contributed by atoms with E-state index in [2.05, 4.69) is 27.3 Å². The summed E-state index contributed by atoms with van der Waals surface area (Å²) in [6.07, 6.45) is 0.789. The van der Waals surface area contributed by atoms with Gasteiger partial charge in [-0.25, -0.2) is 0 Å². The van der Waals surface area contributed by atoms with E-state index in [1.165, 1.54) is 4.88 Å². The summed E-state index contributed by atoms with van der Waals surface area (Å²) in [4.78, 5) is 6.31. The van der Waals surface area contributed by atoms with Crippen molar-refractivity contribution in [2.75, 3.05) is 47.6 Å². The zero-order valence-corrected chi connectivity index (χ0v) is 17.7. The number of hydrogen-bond donors (Lipinski definition) is 1. The van der Waals surface area contributed by atoms with Crippen LogP contribution >= 0.6 is 11.3 Å². The summed E-state index contributed by atoms with van der Waals surface area (Å²) in [7, 11) is 4.90. The first-order valence-corrected chi connectivity index (χ1v) is 10.4. The summed E-state index contributed by atoms with van der Waals surface area (Å²) in [6.45, 7) is 4.90. The van der Waals surface area contributed by atoms with Gasteiger partial charge in [0.15, 0.2) is 11.5 Å². The molecule has 1 atom stereocenters. The lowest BCUT2D eigenvalue weighted by atomic mass is 10.1. The Balaban J connectivity index is 1.69. The SMILES string of the molecule is COc1cc(CN2CCN(Cc3cccs3)[C@@H](CCO)C2)cc(OC)c1OC. The molecule has 1 N–H and O–H groups in total. The highest BCUT2D eigenvalue weighted by atomic mass is 32.1. The molecule has 0 spiro atoms. The van der Waals surface area contributed by atoms with Gasteiger partial charge in [-0.15, -0.1) is 11.3 Å². The van der Waals surface area contributed by atoms with Gasteiger partial charge in [-0.2, -0.15) is 0 Å². The van der Waals surface area contributed by atoms with Gasteiger partial charge in [-0.1, -0.05) is 6.07 Å². The highest BCUT2D eigenvalue weighted by Crippen LogP contribution is 2.38. The van der Waals surface area contributed by atoms with Crippen molar-refractivity contribution in [3.05, 3.63) is 40.1 Å². The molecule has 0 bridgehead atoms. The van der Waals surface area contributed by atoms with Crippen LogP contribution in [0.5, 0.6) is 17.2 Å². The lowest BCUT2D eigenvalue weighted by Crippen LogP contribution is -2.52. The second-order valence-corrected chi connectivity index (χ2v) is 8.02. The maximum Gasteiger partial charge on any atom is 0.203 e. The van der Waals surface area contributed by atoms with E-state index in [1.807, 2.05) is 12.1 Å². The molecule has 7 heteroatoms. The molecule has 2 heterocycles. The van der Waals surface area contributed by atoms with E-state index in [9.17, 15) is 5.11 Å². The Bertz CT molecular complexity index is 713. The van der Waals surface area contributed by atoms with Crippen LogP contribution in [-0.2, 0) is 13.1 Å². The number of nitrogens with zero attached hydrogens (tertiary/aromatic N) is 2. The molecule has 1 aromatic heterocycles. The molecule has 1 aliphatic heterocycles. The minimum Gasteiger partial charge on any atom is -0.493 e. The van der Waals surface area contributed by atoms with Gasteiger partial charge in [-0.05, 0) is 35.6 Å². The number of benzene rings is 1. The van der Waals surface area contributed by atoms with E-state index in [-0.39, 0.29) is 6.61 Å². The van der Waals surface area contributed by atoms with E-state index in [0.29, 0.717) is 23.3 Å². The van der Waals surface area contributed by atoms with Gasteiger partial charge in [0.25, 0.3) is 0 Å². The van der Waals surface area contributed by atoms with Crippen LogP contribution in [0.2, 0.25) is 0 Å². The molecule has 1 aromatic carbocycles.